The molecule has 0 saturated carbocycles. The van der Waals surface area contributed by atoms with E-state index < -0.39 is 11.9 Å². The summed E-state index contributed by atoms with van der Waals surface area (Å²) < 4.78 is 15.3. The Hall–Kier alpha value is -2.70. The predicted octanol–water partition coefficient (Wildman–Crippen LogP) is 1.77. The third kappa shape index (κ3) is 2.05. The number of rotatable bonds is 2. The summed E-state index contributed by atoms with van der Waals surface area (Å²) in [7, 11) is 0. The van der Waals surface area contributed by atoms with Gasteiger partial charge in [-0.05, 0) is 18.6 Å². The summed E-state index contributed by atoms with van der Waals surface area (Å²) in [5, 5.41) is 17.9. The molecular weight excluding hydrogens is 245 g/mol. The first-order valence-corrected chi connectivity index (χ1v) is 5.52. The summed E-state index contributed by atoms with van der Waals surface area (Å²) in [6, 6.07) is 7.74. The molecule has 6 heteroatoms. The average molecular weight is 255 g/mol. The van der Waals surface area contributed by atoms with Crippen LogP contribution in [0.5, 0.6) is 0 Å². The van der Waals surface area contributed by atoms with E-state index in [4.69, 9.17) is 16.3 Å². The van der Waals surface area contributed by atoms with Gasteiger partial charge < -0.3 is 5.73 Å². The molecular formula is C13H10FN5. The number of imidazole rings is 1. The largest absolute Gasteiger partial charge is 0.324 e. The number of nitrogens with two attached hydrogens (primary N) is 1. The van der Waals surface area contributed by atoms with E-state index >= 15 is 0 Å². The molecule has 94 valence electrons. The molecule has 19 heavy (non-hydrogen) atoms. The number of nitriles is 2. The minimum Gasteiger partial charge on any atom is -0.324 e. The first-order chi connectivity index (χ1) is 9.10. The zero-order chi connectivity index (χ0) is 14.0. The van der Waals surface area contributed by atoms with Gasteiger partial charge in [0.05, 0.1) is 5.69 Å². The molecule has 0 radical (unpaired) electrons. The van der Waals surface area contributed by atoms with Crippen molar-refractivity contribution in [3.63, 3.8) is 0 Å². The van der Waals surface area contributed by atoms with Crippen LogP contribution in [0.3, 0.4) is 0 Å². The number of nitrogens with zero attached hydrogens (tertiary/aromatic N) is 4. The Morgan fingerprint density at radius 3 is 2.68 bits per heavy atom. The number of hydrogen-bond acceptors (Lipinski definition) is 4. The lowest BCUT2D eigenvalue weighted by molar-refractivity contribution is 0.610. The Labute approximate surface area is 109 Å². The van der Waals surface area contributed by atoms with E-state index in [-0.39, 0.29) is 17.1 Å². The summed E-state index contributed by atoms with van der Waals surface area (Å²) >= 11 is 0. The molecule has 1 aromatic heterocycles. The molecule has 0 amide bonds. The normalized spacial score (nSPS) is 11.6. The second-order valence-electron chi connectivity index (χ2n) is 4.00. The summed E-state index contributed by atoms with van der Waals surface area (Å²) in [5.41, 5.74) is 6.45. The monoisotopic (exact) mass is 255 g/mol. The van der Waals surface area contributed by atoms with Gasteiger partial charge in [0.25, 0.3) is 0 Å². The Balaban J connectivity index is 2.77. The first kappa shape index (κ1) is 12.7. The van der Waals surface area contributed by atoms with Gasteiger partial charge in [0.2, 0.25) is 0 Å². The smallest absolute Gasteiger partial charge is 0.177 e. The van der Waals surface area contributed by atoms with Crippen molar-refractivity contribution in [2.75, 3.05) is 0 Å². The van der Waals surface area contributed by atoms with Gasteiger partial charge in [0.15, 0.2) is 11.4 Å². The molecule has 0 unspecified atom stereocenters. The van der Waals surface area contributed by atoms with Crippen molar-refractivity contribution in [1.29, 1.82) is 10.5 Å². The fraction of sp³-hybridized carbons (Fsp3) is 0.154. The van der Waals surface area contributed by atoms with Crippen molar-refractivity contribution in [3.05, 3.63) is 47.3 Å². The molecule has 0 spiro atoms. The molecule has 0 saturated heterocycles. The number of aromatic nitrogens is 2. The summed E-state index contributed by atoms with van der Waals surface area (Å²) in [5.74, 6) is -0.520. The summed E-state index contributed by atoms with van der Waals surface area (Å²) in [6.07, 6.45) is 1.25. The lowest BCUT2D eigenvalue weighted by atomic mass is 10.1. The zero-order valence-corrected chi connectivity index (χ0v) is 10.1. The van der Waals surface area contributed by atoms with Crippen LogP contribution in [0.25, 0.3) is 5.69 Å². The van der Waals surface area contributed by atoms with Crippen LogP contribution in [-0.2, 0) is 0 Å². The molecule has 0 aliphatic rings. The van der Waals surface area contributed by atoms with Gasteiger partial charge >= 0.3 is 0 Å². The molecule has 0 fully saturated rings. The Morgan fingerprint density at radius 2 is 2.11 bits per heavy atom. The average Bonchev–Trinajstić information content (AvgIpc) is 2.80. The maximum absolute atomic E-state index is 14.0. The third-order valence-electron chi connectivity index (χ3n) is 2.73. The van der Waals surface area contributed by atoms with Crippen molar-refractivity contribution in [2.24, 2.45) is 5.73 Å². The zero-order valence-electron chi connectivity index (χ0n) is 10.1. The van der Waals surface area contributed by atoms with E-state index in [0.717, 1.165) is 0 Å². The Morgan fingerprint density at radius 1 is 1.37 bits per heavy atom. The van der Waals surface area contributed by atoms with Crippen molar-refractivity contribution >= 4 is 0 Å². The fourth-order valence-corrected chi connectivity index (χ4v) is 1.86. The highest BCUT2D eigenvalue weighted by atomic mass is 19.1. The maximum Gasteiger partial charge on any atom is 0.177 e. The van der Waals surface area contributed by atoms with Gasteiger partial charge in [-0.25, -0.2) is 9.37 Å². The van der Waals surface area contributed by atoms with Crippen molar-refractivity contribution in [1.82, 2.24) is 9.55 Å². The van der Waals surface area contributed by atoms with E-state index in [1.165, 1.54) is 17.0 Å². The maximum atomic E-state index is 14.0. The predicted molar refractivity (Wildman–Crippen MR) is 65.6 cm³/mol. The second-order valence-corrected chi connectivity index (χ2v) is 4.00. The molecule has 0 aliphatic heterocycles. The van der Waals surface area contributed by atoms with E-state index in [2.05, 4.69) is 4.98 Å². The molecule has 0 aliphatic carbocycles. The number of para-hydroxylation sites is 1. The van der Waals surface area contributed by atoms with Crippen LogP contribution in [0.15, 0.2) is 24.5 Å². The van der Waals surface area contributed by atoms with Gasteiger partial charge in [-0.3, -0.25) is 4.57 Å². The molecule has 2 aromatic rings. The van der Waals surface area contributed by atoms with E-state index in [0.29, 0.717) is 5.56 Å². The SMILES string of the molecule is C[C@H](N)c1cccc(F)c1-n1cnc(C#N)c1C#N. The topological polar surface area (TPSA) is 91.4 Å². The molecule has 1 aromatic carbocycles. The van der Waals surface area contributed by atoms with Gasteiger partial charge in [0.1, 0.15) is 24.3 Å². The van der Waals surface area contributed by atoms with Crippen LogP contribution < -0.4 is 5.73 Å². The molecule has 2 N–H and O–H groups in total. The minimum absolute atomic E-state index is 0.00509. The van der Waals surface area contributed by atoms with Crippen LogP contribution in [-0.4, -0.2) is 9.55 Å². The van der Waals surface area contributed by atoms with E-state index in [1.807, 2.05) is 6.07 Å². The second kappa shape index (κ2) is 4.89. The van der Waals surface area contributed by atoms with Crippen LogP contribution in [0, 0.1) is 28.5 Å². The van der Waals surface area contributed by atoms with Gasteiger partial charge in [0, 0.05) is 6.04 Å². The van der Waals surface area contributed by atoms with Crippen molar-refractivity contribution < 1.29 is 4.39 Å². The van der Waals surface area contributed by atoms with Crippen molar-refractivity contribution in [3.8, 4) is 17.8 Å². The molecule has 5 nitrogen and oxygen atoms in total. The highest BCUT2D eigenvalue weighted by molar-refractivity contribution is 5.50. The number of halogens is 1. The minimum atomic E-state index is -0.520. The lowest BCUT2D eigenvalue weighted by Gasteiger charge is -2.14. The van der Waals surface area contributed by atoms with Crippen LogP contribution >= 0.6 is 0 Å². The van der Waals surface area contributed by atoms with Crippen LogP contribution in [0.2, 0.25) is 0 Å². The summed E-state index contributed by atoms with van der Waals surface area (Å²) in [6.45, 7) is 1.71. The Kier molecular flexibility index (Phi) is 3.28. The van der Waals surface area contributed by atoms with E-state index in [1.54, 1.807) is 25.1 Å². The quantitative estimate of drug-likeness (QED) is 0.885. The van der Waals surface area contributed by atoms with Crippen LogP contribution in [0.1, 0.15) is 29.9 Å². The lowest BCUT2D eigenvalue weighted by Crippen LogP contribution is -2.12. The van der Waals surface area contributed by atoms with Crippen LogP contribution in [0.4, 0.5) is 4.39 Å². The van der Waals surface area contributed by atoms with Gasteiger partial charge in [-0.2, -0.15) is 10.5 Å². The molecule has 2 rings (SSSR count). The third-order valence-corrected chi connectivity index (χ3v) is 2.73. The summed E-state index contributed by atoms with van der Waals surface area (Å²) in [4.78, 5) is 3.80. The molecule has 1 heterocycles. The number of hydrogen-bond donors (Lipinski definition) is 1. The standard InChI is InChI=1S/C13H10FN5/c1-8(17)9-3-2-4-10(14)13(9)19-7-18-11(5-15)12(19)6-16/h2-4,7-8H,17H2,1H3/t8-/m0/s1. The van der Waals surface area contributed by atoms with Crippen molar-refractivity contribution in [2.45, 2.75) is 13.0 Å². The first-order valence-electron chi connectivity index (χ1n) is 5.52. The highest BCUT2D eigenvalue weighted by Crippen LogP contribution is 2.25. The molecule has 0 bridgehead atoms. The van der Waals surface area contributed by atoms with E-state index in [9.17, 15) is 4.39 Å². The van der Waals surface area contributed by atoms with Gasteiger partial charge in [-0.1, -0.05) is 12.1 Å². The Bertz CT molecular complexity index is 703. The highest BCUT2D eigenvalue weighted by Gasteiger charge is 2.18. The fourth-order valence-electron chi connectivity index (χ4n) is 1.86. The van der Waals surface area contributed by atoms with Gasteiger partial charge in [-0.15, -0.1) is 0 Å². The molecule has 1 atom stereocenters. The number of benzene rings is 1.